The Hall–Kier alpha value is -3.48. The van der Waals surface area contributed by atoms with Crippen molar-refractivity contribution in [3.63, 3.8) is 0 Å². The van der Waals surface area contributed by atoms with Crippen molar-refractivity contribution in [1.82, 2.24) is 19.5 Å². The van der Waals surface area contributed by atoms with Crippen LogP contribution < -0.4 is 10.9 Å². The van der Waals surface area contributed by atoms with E-state index in [4.69, 9.17) is 0 Å². The quantitative estimate of drug-likeness (QED) is 0.535. The molecule has 0 aliphatic heterocycles. The SMILES string of the molecule is Cc1nn(CC(=O)N[C@H](C)CCc2ccccc2)c(=O)c2cc3cc(F)ccc3n12. The van der Waals surface area contributed by atoms with E-state index in [1.165, 1.54) is 22.4 Å². The molecule has 4 rings (SSSR count). The van der Waals surface area contributed by atoms with Crippen LogP contribution in [0.4, 0.5) is 4.39 Å². The van der Waals surface area contributed by atoms with Crippen LogP contribution in [-0.4, -0.2) is 26.1 Å². The summed E-state index contributed by atoms with van der Waals surface area (Å²) in [5.74, 6) is -0.0830. The molecule has 0 radical (unpaired) electrons. The van der Waals surface area contributed by atoms with E-state index in [-0.39, 0.29) is 29.9 Å². The number of fused-ring (bicyclic) bond motifs is 3. The van der Waals surface area contributed by atoms with E-state index in [0.29, 0.717) is 22.2 Å². The van der Waals surface area contributed by atoms with Gasteiger partial charge >= 0.3 is 0 Å². The normalized spacial score (nSPS) is 12.4. The van der Waals surface area contributed by atoms with Gasteiger partial charge in [0.15, 0.2) is 0 Å². The fourth-order valence-corrected chi connectivity index (χ4v) is 3.75. The molecule has 2 aromatic carbocycles. The van der Waals surface area contributed by atoms with E-state index in [1.54, 1.807) is 23.5 Å². The monoisotopic (exact) mass is 406 g/mol. The van der Waals surface area contributed by atoms with Gasteiger partial charge in [0.2, 0.25) is 5.91 Å². The van der Waals surface area contributed by atoms with E-state index in [1.807, 2.05) is 25.1 Å². The van der Waals surface area contributed by atoms with Gasteiger partial charge in [-0.15, -0.1) is 0 Å². The minimum atomic E-state index is -0.385. The molecular formula is C23H23FN4O2. The third-order valence-electron chi connectivity index (χ3n) is 5.22. The molecule has 4 aromatic rings. The van der Waals surface area contributed by atoms with Gasteiger partial charge in [-0.25, -0.2) is 9.07 Å². The second kappa shape index (κ2) is 8.10. The molecule has 0 fully saturated rings. The Labute approximate surface area is 172 Å². The van der Waals surface area contributed by atoms with E-state index in [2.05, 4.69) is 22.5 Å². The zero-order valence-electron chi connectivity index (χ0n) is 16.9. The van der Waals surface area contributed by atoms with Gasteiger partial charge in [0.25, 0.3) is 5.56 Å². The molecule has 0 bridgehead atoms. The second-order valence-electron chi connectivity index (χ2n) is 7.57. The van der Waals surface area contributed by atoms with Crippen LogP contribution in [0.15, 0.2) is 59.4 Å². The van der Waals surface area contributed by atoms with Crippen LogP contribution in [0, 0.1) is 12.7 Å². The predicted octanol–water partition coefficient (Wildman–Crippen LogP) is 3.23. The fourth-order valence-electron chi connectivity index (χ4n) is 3.75. The van der Waals surface area contributed by atoms with Crippen molar-refractivity contribution in [3.05, 3.63) is 82.2 Å². The Morgan fingerprint density at radius 3 is 2.67 bits per heavy atom. The number of hydrogen-bond donors (Lipinski definition) is 1. The van der Waals surface area contributed by atoms with Crippen LogP contribution in [0.3, 0.4) is 0 Å². The minimum absolute atomic E-state index is 0.0305. The van der Waals surface area contributed by atoms with Crippen LogP contribution >= 0.6 is 0 Å². The summed E-state index contributed by atoms with van der Waals surface area (Å²) in [6.07, 6.45) is 1.66. The number of rotatable bonds is 6. The Morgan fingerprint density at radius 2 is 1.90 bits per heavy atom. The van der Waals surface area contributed by atoms with Crippen LogP contribution in [0.25, 0.3) is 16.4 Å². The molecule has 2 heterocycles. The average molecular weight is 406 g/mol. The highest BCUT2D eigenvalue weighted by Gasteiger charge is 2.15. The summed E-state index contributed by atoms with van der Waals surface area (Å²) in [5.41, 5.74) is 1.91. The molecule has 6 nitrogen and oxygen atoms in total. The third-order valence-corrected chi connectivity index (χ3v) is 5.22. The highest BCUT2D eigenvalue weighted by Crippen LogP contribution is 2.20. The van der Waals surface area contributed by atoms with Gasteiger partial charge in [0.05, 0.1) is 5.52 Å². The summed E-state index contributed by atoms with van der Waals surface area (Å²) >= 11 is 0. The van der Waals surface area contributed by atoms with Crippen LogP contribution in [-0.2, 0) is 17.8 Å². The van der Waals surface area contributed by atoms with Crippen molar-refractivity contribution in [2.75, 3.05) is 0 Å². The van der Waals surface area contributed by atoms with E-state index < -0.39 is 0 Å². The number of nitrogens with one attached hydrogen (secondary N) is 1. The van der Waals surface area contributed by atoms with Crippen molar-refractivity contribution in [3.8, 4) is 0 Å². The van der Waals surface area contributed by atoms with Crippen molar-refractivity contribution in [1.29, 1.82) is 0 Å². The molecule has 154 valence electrons. The number of hydrogen-bond acceptors (Lipinski definition) is 3. The summed E-state index contributed by atoms with van der Waals surface area (Å²) in [6, 6.07) is 16.0. The lowest BCUT2D eigenvalue weighted by Crippen LogP contribution is -2.39. The lowest BCUT2D eigenvalue weighted by Gasteiger charge is -2.15. The fraction of sp³-hybridized carbons (Fsp3) is 0.261. The zero-order valence-corrected chi connectivity index (χ0v) is 16.9. The predicted molar refractivity (Wildman–Crippen MR) is 114 cm³/mol. The smallest absolute Gasteiger partial charge is 0.291 e. The number of amides is 1. The molecule has 7 heteroatoms. The van der Waals surface area contributed by atoms with Gasteiger partial charge in [-0.3, -0.25) is 14.0 Å². The number of aromatic nitrogens is 3. The molecule has 0 aliphatic rings. The summed E-state index contributed by atoms with van der Waals surface area (Å²) in [4.78, 5) is 25.4. The first-order chi connectivity index (χ1) is 14.4. The van der Waals surface area contributed by atoms with Crippen molar-refractivity contribution in [2.24, 2.45) is 0 Å². The molecule has 0 saturated carbocycles. The van der Waals surface area contributed by atoms with E-state index in [0.717, 1.165) is 12.8 Å². The van der Waals surface area contributed by atoms with Gasteiger partial charge in [-0.2, -0.15) is 5.10 Å². The molecule has 1 atom stereocenters. The van der Waals surface area contributed by atoms with Crippen molar-refractivity contribution >= 4 is 22.3 Å². The van der Waals surface area contributed by atoms with Crippen molar-refractivity contribution < 1.29 is 9.18 Å². The van der Waals surface area contributed by atoms with Crippen LogP contribution in [0.1, 0.15) is 24.7 Å². The first-order valence-corrected chi connectivity index (χ1v) is 9.94. The molecular weight excluding hydrogens is 383 g/mol. The standard InChI is InChI=1S/C23H23FN4O2/c1-15(8-9-17-6-4-3-5-7-17)25-22(29)14-27-23(30)21-13-18-12-19(24)10-11-20(18)28(21)16(2)26-27/h3-7,10-13,15H,8-9,14H2,1-2H3,(H,25,29)/t15-/m1/s1. The lowest BCUT2D eigenvalue weighted by molar-refractivity contribution is -0.122. The van der Waals surface area contributed by atoms with Crippen LogP contribution in [0.5, 0.6) is 0 Å². The summed E-state index contributed by atoms with van der Waals surface area (Å²) in [7, 11) is 0. The second-order valence-corrected chi connectivity index (χ2v) is 7.57. The van der Waals surface area contributed by atoms with E-state index in [9.17, 15) is 14.0 Å². The van der Waals surface area contributed by atoms with Crippen molar-refractivity contribution in [2.45, 2.75) is 39.3 Å². The average Bonchev–Trinajstić information content (AvgIpc) is 3.10. The summed E-state index contributed by atoms with van der Waals surface area (Å²) < 4.78 is 16.4. The number of nitrogens with zero attached hydrogens (tertiary/aromatic N) is 3. The van der Waals surface area contributed by atoms with Gasteiger partial charge in [0.1, 0.15) is 23.7 Å². The lowest BCUT2D eigenvalue weighted by atomic mass is 10.1. The maximum absolute atomic E-state index is 13.5. The highest BCUT2D eigenvalue weighted by molar-refractivity contribution is 5.87. The number of carbonyl (C=O) groups excluding carboxylic acids is 1. The Kier molecular flexibility index (Phi) is 5.35. The molecule has 1 amide bonds. The largest absolute Gasteiger partial charge is 0.352 e. The Bertz CT molecular complexity index is 1280. The molecule has 30 heavy (non-hydrogen) atoms. The van der Waals surface area contributed by atoms with Gasteiger partial charge in [-0.1, -0.05) is 30.3 Å². The Morgan fingerprint density at radius 1 is 1.13 bits per heavy atom. The van der Waals surface area contributed by atoms with Gasteiger partial charge in [0, 0.05) is 11.4 Å². The summed E-state index contributed by atoms with van der Waals surface area (Å²) in [6.45, 7) is 3.54. The zero-order chi connectivity index (χ0) is 21.3. The number of benzene rings is 2. The maximum atomic E-state index is 13.5. The molecule has 0 saturated heterocycles. The molecule has 0 aliphatic carbocycles. The maximum Gasteiger partial charge on any atom is 0.291 e. The third kappa shape index (κ3) is 3.96. The van der Waals surface area contributed by atoms with Gasteiger partial charge in [-0.05, 0) is 56.5 Å². The minimum Gasteiger partial charge on any atom is -0.352 e. The first-order valence-electron chi connectivity index (χ1n) is 9.94. The first kappa shape index (κ1) is 19.8. The van der Waals surface area contributed by atoms with E-state index >= 15 is 0 Å². The number of halogens is 1. The molecule has 0 spiro atoms. The van der Waals surface area contributed by atoms with Crippen LogP contribution in [0.2, 0.25) is 0 Å². The van der Waals surface area contributed by atoms with Gasteiger partial charge < -0.3 is 5.32 Å². The summed E-state index contributed by atoms with van der Waals surface area (Å²) in [5, 5.41) is 7.85. The Balaban J connectivity index is 1.50. The molecule has 2 aromatic heterocycles. The molecule has 0 unspecified atom stereocenters. The number of carbonyl (C=O) groups is 1. The molecule has 1 N–H and O–H groups in total. The number of aryl methyl sites for hydroxylation is 2. The highest BCUT2D eigenvalue weighted by atomic mass is 19.1. The topological polar surface area (TPSA) is 68.4 Å².